The normalized spacial score (nSPS) is 14.1. The number of carbonyl (C=O) groups excluding carboxylic acids is 3. The van der Waals surface area contributed by atoms with E-state index in [1.165, 1.54) is 0 Å². The molecule has 0 saturated heterocycles. The van der Waals surface area contributed by atoms with Crippen LogP contribution in [0.25, 0.3) is 0 Å². The van der Waals surface area contributed by atoms with E-state index in [1.54, 1.807) is 47.6 Å². The van der Waals surface area contributed by atoms with Crippen LogP contribution in [0, 0.1) is 0 Å². The molecule has 0 spiro atoms. The fourth-order valence-electron chi connectivity index (χ4n) is 1.72. The lowest BCUT2D eigenvalue weighted by Gasteiger charge is -2.22. The van der Waals surface area contributed by atoms with Gasteiger partial charge in [-0.2, -0.15) is 0 Å². The second-order valence-electron chi connectivity index (χ2n) is 6.64. The van der Waals surface area contributed by atoms with Crippen LogP contribution in [0.5, 0.6) is 0 Å². The van der Waals surface area contributed by atoms with Crippen molar-refractivity contribution in [3.8, 4) is 0 Å². The summed E-state index contributed by atoms with van der Waals surface area (Å²) < 4.78 is 15.1. The Morgan fingerprint density at radius 2 is 1.74 bits per heavy atom. The van der Waals surface area contributed by atoms with Crippen molar-refractivity contribution >= 4 is 29.8 Å². The minimum Gasteiger partial charge on any atom is -0.464 e. The lowest BCUT2D eigenvalue weighted by molar-refractivity contribution is -0.145. The third-order valence-electron chi connectivity index (χ3n) is 2.79. The summed E-state index contributed by atoms with van der Waals surface area (Å²) >= 11 is 1.04. The largest absolute Gasteiger partial charge is 0.464 e. The molecule has 27 heavy (non-hydrogen) atoms. The SMILES string of the molecule is CCOC(=O)/C(=C\C[C@@H](C)O)SC[C@H](NC(=O)OC(C)(C)C)C(=O)OCC. The Hall–Kier alpha value is -1.74. The van der Waals surface area contributed by atoms with Crippen LogP contribution >= 0.6 is 11.8 Å². The first kappa shape index (κ1) is 25.3. The quantitative estimate of drug-likeness (QED) is 0.324. The first-order chi connectivity index (χ1) is 12.5. The second kappa shape index (κ2) is 12.6. The van der Waals surface area contributed by atoms with Crippen molar-refractivity contribution < 1.29 is 33.7 Å². The van der Waals surface area contributed by atoms with Crippen molar-refractivity contribution in [3.63, 3.8) is 0 Å². The predicted molar refractivity (Wildman–Crippen MR) is 103 cm³/mol. The number of esters is 2. The average molecular weight is 406 g/mol. The number of nitrogens with one attached hydrogen (secondary N) is 1. The highest BCUT2D eigenvalue weighted by atomic mass is 32.2. The summed E-state index contributed by atoms with van der Waals surface area (Å²) in [4.78, 5) is 36.4. The minimum atomic E-state index is -1.01. The molecule has 8 nitrogen and oxygen atoms in total. The van der Waals surface area contributed by atoms with Crippen molar-refractivity contribution in [1.29, 1.82) is 0 Å². The highest BCUT2D eigenvalue weighted by Gasteiger charge is 2.27. The third-order valence-corrected chi connectivity index (χ3v) is 3.93. The molecule has 0 aliphatic rings. The van der Waals surface area contributed by atoms with Crippen molar-refractivity contribution in [2.45, 2.75) is 65.7 Å². The van der Waals surface area contributed by atoms with Crippen LogP contribution < -0.4 is 5.32 Å². The van der Waals surface area contributed by atoms with Gasteiger partial charge in [-0.05, 0) is 48.0 Å². The summed E-state index contributed by atoms with van der Waals surface area (Å²) in [6.45, 7) is 10.4. The summed E-state index contributed by atoms with van der Waals surface area (Å²) in [6.07, 6.45) is 0.413. The number of ether oxygens (including phenoxy) is 3. The number of rotatable bonds is 10. The van der Waals surface area contributed by atoms with Crippen LogP contribution in [0.2, 0.25) is 0 Å². The molecule has 0 aromatic rings. The zero-order valence-corrected chi connectivity index (χ0v) is 17.7. The van der Waals surface area contributed by atoms with Gasteiger partial charge >= 0.3 is 18.0 Å². The topological polar surface area (TPSA) is 111 Å². The molecule has 0 aliphatic heterocycles. The molecule has 0 bridgehead atoms. The second-order valence-corrected chi connectivity index (χ2v) is 7.70. The summed E-state index contributed by atoms with van der Waals surface area (Å²) in [6, 6.07) is -1.01. The van der Waals surface area contributed by atoms with Crippen LogP contribution in [0.3, 0.4) is 0 Å². The molecule has 0 radical (unpaired) electrons. The fourth-order valence-corrected chi connectivity index (χ4v) is 2.67. The molecule has 0 fully saturated rings. The number of amides is 1. The van der Waals surface area contributed by atoms with Gasteiger partial charge in [-0.1, -0.05) is 6.08 Å². The van der Waals surface area contributed by atoms with Gasteiger partial charge in [0.2, 0.25) is 0 Å². The van der Waals surface area contributed by atoms with E-state index < -0.39 is 35.8 Å². The summed E-state index contributed by atoms with van der Waals surface area (Å²) in [5.74, 6) is -1.14. The summed E-state index contributed by atoms with van der Waals surface area (Å²) in [5.41, 5.74) is -0.719. The molecule has 156 valence electrons. The van der Waals surface area contributed by atoms with Gasteiger partial charge in [0.25, 0.3) is 0 Å². The Labute approximate surface area is 165 Å². The molecule has 2 atom stereocenters. The zero-order chi connectivity index (χ0) is 21.0. The molecular weight excluding hydrogens is 374 g/mol. The molecule has 0 saturated carbocycles. The molecule has 2 N–H and O–H groups in total. The van der Waals surface area contributed by atoms with Gasteiger partial charge in [-0.3, -0.25) is 0 Å². The first-order valence-corrected chi connectivity index (χ1v) is 9.83. The molecule has 9 heteroatoms. The van der Waals surface area contributed by atoms with E-state index in [9.17, 15) is 19.5 Å². The van der Waals surface area contributed by atoms with Gasteiger partial charge in [-0.15, -0.1) is 11.8 Å². The number of thioether (sulfide) groups is 1. The van der Waals surface area contributed by atoms with Crippen LogP contribution in [0.1, 0.15) is 48.0 Å². The third kappa shape index (κ3) is 12.3. The van der Waals surface area contributed by atoms with Crippen LogP contribution in [0.15, 0.2) is 11.0 Å². The van der Waals surface area contributed by atoms with Gasteiger partial charge in [0.15, 0.2) is 0 Å². The van der Waals surface area contributed by atoms with E-state index in [4.69, 9.17) is 14.2 Å². The molecule has 0 heterocycles. The molecule has 1 amide bonds. The Balaban J connectivity index is 5.14. The van der Waals surface area contributed by atoms with E-state index in [0.29, 0.717) is 0 Å². The molecular formula is C18H31NO7S. The number of hydrogen-bond donors (Lipinski definition) is 2. The number of hydrogen-bond acceptors (Lipinski definition) is 8. The molecule has 0 unspecified atom stereocenters. The number of aliphatic hydroxyl groups is 1. The Morgan fingerprint density at radius 1 is 1.15 bits per heavy atom. The highest BCUT2D eigenvalue weighted by molar-refractivity contribution is 8.04. The Bertz CT molecular complexity index is 526. The van der Waals surface area contributed by atoms with E-state index >= 15 is 0 Å². The molecule has 0 rings (SSSR count). The lowest BCUT2D eigenvalue weighted by Crippen LogP contribution is -2.45. The Kier molecular flexibility index (Phi) is 11.8. The van der Waals surface area contributed by atoms with Gasteiger partial charge in [0.1, 0.15) is 11.6 Å². The lowest BCUT2D eigenvalue weighted by atomic mass is 10.2. The van der Waals surface area contributed by atoms with Gasteiger partial charge < -0.3 is 24.6 Å². The molecule has 0 aromatic carbocycles. The predicted octanol–water partition coefficient (Wildman–Crippen LogP) is 2.39. The zero-order valence-electron chi connectivity index (χ0n) is 16.9. The van der Waals surface area contributed by atoms with Crippen LogP contribution in [-0.4, -0.2) is 59.9 Å². The average Bonchev–Trinajstić information content (AvgIpc) is 2.51. The summed E-state index contributed by atoms with van der Waals surface area (Å²) in [5, 5.41) is 11.9. The first-order valence-electron chi connectivity index (χ1n) is 8.84. The van der Waals surface area contributed by atoms with Crippen LogP contribution in [-0.2, 0) is 23.8 Å². The maximum absolute atomic E-state index is 12.1. The van der Waals surface area contributed by atoms with Gasteiger partial charge in [-0.25, -0.2) is 14.4 Å². The maximum atomic E-state index is 12.1. The summed E-state index contributed by atoms with van der Waals surface area (Å²) in [7, 11) is 0. The standard InChI is InChI=1S/C18H31NO7S/c1-7-24-15(21)13(19-17(23)26-18(4,5)6)11-27-14(10-9-12(3)20)16(22)25-8-2/h10,12-13,20H,7-9,11H2,1-6H3,(H,19,23)/b14-10+/t12-,13+/m1/s1. The van der Waals surface area contributed by atoms with Crippen molar-refractivity contribution in [3.05, 3.63) is 11.0 Å². The van der Waals surface area contributed by atoms with E-state index in [0.717, 1.165) is 11.8 Å². The molecule has 0 aromatic heterocycles. The van der Waals surface area contributed by atoms with Crippen molar-refractivity contribution in [2.75, 3.05) is 19.0 Å². The Morgan fingerprint density at radius 3 is 2.22 bits per heavy atom. The van der Waals surface area contributed by atoms with Gasteiger partial charge in [0, 0.05) is 5.75 Å². The number of alkyl carbamates (subject to hydrolysis) is 1. The van der Waals surface area contributed by atoms with E-state index in [2.05, 4.69) is 5.32 Å². The van der Waals surface area contributed by atoms with Crippen molar-refractivity contribution in [2.24, 2.45) is 0 Å². The maximum Gasteiger partial charge on any atom is 0.408 e. The van der Waals surface area contributed by atoms with E-state index in [-0.39, 0.29) is 30.3 Å². The van der Waals surface area contributed by atoms with Crippen LogP contribution in [0.4, 0.5) is 4.79 Å². The highest BCUT2D eigenvalue weighted by Crippen LogP contribution is 2.20. The number of aliphatic hydroxyl groups excluding tert-OH is 1. The number of carbonyl (C=O) groups is 3. The van der Waals surface area contributed by atoms with Gasteiger partial charge in [0.05, 0.1) is 24.2 Å². The molecule has 0 aliphatic carbocycles. The van der Waals surface area contributed by atoms with Crippen molar-refractivity contribution in [1.82, 2.24) is 5.32 Å². The minimum absolute atomic E-state index is 0.0442. The fraction of sp³-hybridized carbons (Fsp3) is 0.722. The monoisotopic (exact) mass is 405 g/mol. The smallest absolute Gasteiger partial charge is 0.408 e. The van der Waals surface area contributed by atoms with E-state index in [1.807, 2.05) is 0 Å².